The minimum absolute atomic E-state index is 0.0360. The van der Waals surface area contributed by atoms with E-state index < -0.39 is 12.1 Å². The minimum Gasteiger partial charge on any atom is -0.467 e. The molecule has 0 saturated heterocycles. The molecule has 0 aliphatic carbocycles. The van der Waals surface area contributed by atoms with E-state index in [0.29, 0.717) is 16.8 Å². The molecule has 7 nitrogen and oxygen atoms in total. The molecule has 3 heterocycles. The highest BCUT2D eigenvalue weighted by Gasteiger charge is 2.43. The fourth-order valence-electron chi connectivity index (χ4n) is 2.92. The van der Waals surface area contributed by atoms with Crippen LogP contribution in [-0.2, 0) is 6.61 Å². The summed E-state index contributed by atoms with van der Waals surface area (Å²) in [5.74, 6) is -0.381. The molecule has 1 aliphatic heterocycles. The molecule has 2 aromatic heterocycles. The zero-order valence-electron chi connectivity index (χ0n) is 14.4. The second-order valence-corrected chi connectivity index (χ2v) is 6.10. The quantitative estimate of drug-likeness (QED) is 0.504. The van der Waals surface area contributed by atoms with Crippen molar-refractivity contribution in [3.8, 4) is 28.5 Å². The molecule has 0 N–H and O–H groups in total. The van der Waals surface area contributed by atoms with Crippen LogP contribution in [-0.4, -0.2) is 21.4 Å². The number of hydrogen-bond acceptors (Lipinski definition) is 7. The van der Waals surface area contributed by atoms with Gasteiger partial charge in [-0.15, -0.1) is 8.78 Å². The molecular weight excluding hydrogens is 391 g/mol. The van der Waals surface area contributed by atoms with Gasteiger partial charge in [-0.25, -0.2) is 14.4 Å². The van der Waals surface area contributed by atoms with Crippen LogP contribution in [0.2, 0.25) is 0 Å². The average Bonchev–Trinajstić information content (AvgIpc) is 3.23. The summed E-state index contributed by atoms with van der Waals surface area (Å²) < 4.78 is 60.5. The van der Waals surface area contributed by atoms with E-state index in [0.717, 1.165) is 6.07 Å². The molecule has 0 atom stereocenters. The van der Waals surface area contributed by atoms with E-state index in [1.165, 1.54) is 24.3 Å². The first-order valence-corrected chi connectivity index (χ1v) is 8.36. The molecule has 10 heteroatoms. The van der Waals surface area contributed by atoms with Gasteiger partial charge in [0.05, 0.1) is 5.39 Å². The molecule has 0 spiro atoms. The van der Waals surface area contributed by atoms with E-state index in [1.807, 2.05) is 0 Å². The van der Waals surface area contributed by atoms with Gasteiger partial charge in [-0.2, -0.15) is 0 Å². The molecule has 0 fully saturated rings. The van der Waals surface area contributed by atoms with Crippen LogP contribution in [0.1, 0.15) is 5.82 Å². The Bertz CT molecular complexity index is 1210. The van der Waals surface area contributed by atoms with Crippen LogP contribution < -0.4 is 14.2 Å². The van der Waals surface area contributed by atoms with Crippen molar-refractivity contribution in [2.75, 3.05) is 0 Å². The molecule has 0 unspecified atom stereocenters. The number of ether oxygens (including phenoxy) is 3. The second kappa shape index (κ2) is 6.36. The maximum Gasteiger partial charge on any atom is 0.586 e. The zero-order valence-corrected chi connectivity index (χ0v) is 14.4. The maximum atomic E-state index is 14.6. The standard InChI is InChI=1S/C19H10F3N3O4/c20-13-8-15-12(18(25-29-15)26-9-17-23-4-1-5-24-17)7-11(13)10-2-3-14-16(6-10)28-19(21,22)27-14/h1-8H,9H2. The molecule has 0 amide bonds. The van der Waals surface area contributed by atoms with Gasteiger partial charge in [-0.05, 0) is 35.0 Å². The Hall–Kier alpha value is -3.82. The van der Waals surface area contributed by atoms with Gasteiger partial charge in [0.1, 0.15) is 12.4 Å². The highest BCUT2D eigenvalue weighted by molar-refractivity contribution is 5.88. The molecular formula is C19H10F3N3O4. The van der Waals surface area contributed by atoms with Gasteiger partial charge in [0.15, 0.2) is 22.9 Å². The molecule has 0 saturated carbocycles. The lowest BCUT2D eigenvalue weighted by molar-refractivity contribution is -0.286. The Kier molecular flexibility index (Phi) is 3.79. The number of aromatic nitrogens is 3. The Morgan fingerprint density at radius 2 is 1.79 bits per heavy atom. The van der Waals surface area contributed by atoms with Gasteiger partial charge in [-0.3, -0.25) is 0 Å². The summed E-state index contributed by atoms with van der Waals surface area (Å²) in [6.45, 7) is 0.0360. The van der Waals surface area contributed by atoms with E-state index >= 15 is 0 Å². The molecule has 0 bridgehead atoms. The molecule has 1 aliphatic rings. The van der Waals surface area contributed by atoms with Gasteiger partial charge < -0.3 is 18.7 Å². The first-order chi connectivity index (χ1) is 14.0. The maximum absolute atomic E-state index is 14.6. The zero-order chi connectivity index (χ0) is 20.0. The topological polar surface area (TPSA) is 79.5 Å². The highest BCUT2D eigenvalue weighted by Crippen LogP contribution is 2.43. The van der Waals surface area contributed by atoms with E-state index in [4.69, 9.17) is 9.26 Å². The van der Waals surface area contributed by atoms with Crippen molar-refractivity contribution in [1.29, 1.82) is 0 Å². The van der Waals surface area contributed by atoms with E-state index in [1.54, 1.807) is 18.5 Å². The molecule has 5 rings (SSSR count). The van der Waals surface area contributed by atoms with Gasteiger partial charge in [0.2, 0.25) is 0 Å². The molecule has 0 radical (unpaired) electrons. The number of nitrogens with zero attached hydrogens (tertiary/aromatic N) is 3. The summed E-state index contributed by atoms with van der Waals surface area (Å²) in [5.41, 5.74) is 0.605. The third-order valence-corrected chi connectivity index (χ3v) is 4.20. The summed E-state index contributed by atoms with van der Waals surface area (Å²) >= 11 is 0. The van der Waals surface area contributed by atoms with Crippen LogP contribution in [0.3, 0.4) is 0 Å². The van der Waals surface area contributed by atoms with Crippen molar-refractivity contribution in [2.24, 2.45) is 0 Å². The Morgan fingerprint density at radius 1 is 1.00 bits per heavy atom. The fourth-order valence-corrected chi connectivity index (χ4v) is 2.92. The average molecular weight is 401 g/mol. The van der Waals surface area contributed by atoms with Crippen molar-refractivity contribution in [1.82, 2.24) is 15.1 Å². The van der Waals surface area contributed by atoms with Gasteiger partial charge in [-0.1, -0.05) is 6.07 Å². The van der Waals surface area contributed by atoms with Crippen molar-refractivity contribution in [3.05, 3.63) is 60.4 Å². The fraction of sp³-hybridized carbons (Fsp3) is 0.105. The van der Waals surface area contributed by atoms with Crippen molar-refractivity contribution in [3.63, 3.8) is 0 Å². The molecule has 29 heavy (non-hydrogen) atoms. The first-order valence-electron chi connectivity index (χ1n) is 8.36. The highest BCUT2D eigenvalue weighted by atomic mass is 19.3. The summed E-state index contributed by atoms with van der Waals surface area (Å²) in [5, 5.41) is 4.20. The normalized spacial score (nSPS) is 14.3. The van der Waals surface area contributed by atoms with E-state index in [9.17, 15) is 13.2 Å². The molecule has 2 aromatic carbocycles. The summed E-state index contributed by atoms with van der Waals surface area (Å²) in [4.78, 5) is 8.08. The van der Waals surface area contributed by atoms with Crippen LogP contribution in [0, 0.1) is 5.82 Å². The third kappa shape index (κ3) is 3.18. The van der Waals surface area contributed by atoms with Crippen LogP contribution in [0.5, 0.6) is 17.4 Å². The number of halogens is 3. The minimum atomic E-state index is -3.75. The van der Waals surface area contributed by atoms with Crippen LogP contribution in [0.15, 0.2) is 53.3 Å². The first kappa shape index (κ1) is 17.3. The smallest absolute Gasteiger partial charge is 0.467 e. The Balaban J connectivity index is 1.50. The number of benzene rings is 2. The van der Waals surface area contributed by atoms with E-state index in [2.05, 4.69) is 24.6 Å². The third-order valence-electron chi connectivity index (χ3n) is 4.20. The van der Waals surface area contributed by atoms with Crippen LogP contribution in [0.4, 0.5) is 13.2 Å². The molecule has 4 aromatic rings. The van der Waals surface area contributed by atoms with Crippen molar-refractivity contribution < 1.29 is 31.9 Å². The Labute approximate surface area is 160 Å². The predicted octanol–water partition coefficient (Wildman–Crippen LogP) is 4.32. The lowest BCUT2D eigenvalue weighted by Crippen LogP contribution is -2.25. The summed E-state index contributed by atoms with van der Waals surface area (Å²) in [6.07, 6.45) is -0.606. The summed E-state index contributed by atoms with van der Waals surface area (Å²) in [7, 11) is 0. The lowest BCUT2D eigenvalue weighted by Gasteiger charge is -2.06. The number of rotatable bonds is 4. The van der Waals surface area contributed by atoms with Crippen LogP contribution >= 0.6 is 0 Å². The largest absolute Gasteiger partial charge is 0.586 e. The van der Waals surface area contributed by atoms with E-state index in [-0.39, 0.29) is 35.1 Å². The second-order valence-electron chi connectivity index (χ2n) is 6.10. The lowest BCUT2D eigenvalue weighted by atomic mass is 10.0. The number of fused-ring (bicyclic) bond motifs is 2. The van der Waals surface area contributed by atoms with Gasteiger partial charge in [0.25, 0.3) is 5.88 Å². The summed E-state index contributed by atoms with van der Waals surface area (Å²) in [6, 6.07) is 8.27. The van der Waals surface area contributed by atoms with Gasteiger partial charge in [0, 0.05) is 24.0 Å². The van der Waals surface area contributed by atoms with Gasteiger partial charge >= 0.3 is 6.29 Å². The number of hydrogen-bond donors (Lipinski definition) is 0. The SMILES string of the molecule is Fc1cc2onc(OCc3ncccn3)c2cc1-c1ccc2c(c1)OC(F)(F)O2. The Morgan fingerprint density at radius 3 is 2.62 bits per heavy atom. The molecule has 146 valence electrons. The van der Waals surface area contributed by atoms with Crippen LogP contribution in [0.25, 0.3) is 22.1 Å². The number of alkyl halides is 2. The predicted molar refractivity (Wildman–Crippen MR) is 92.0 cm³/mol. The van der Waals surface area contributed by atoms with Crippen molar-refractivity contribution >= 4 is 11.0 Å². The van der Waals surface area contributed by atoms with Crippen molar-refractivity contribution in [2.45, 2.75) is 12.9 Å². The monoisotopic (exact) mass is 401 g/mol.